The van der Waals surface area contributed by atoms with Gasteiger partial charge < -0.3 is 10.6 Å². The van der Waals surface area contributed by atoms with Gasteiger partial charge in [-0.15, -0.1) is 0 Å². The van der Waals surface area contributed by atoms with Crippen LogP contribution in [0.2, 0.25) is 0 Å². The van der Waals surface area contributed by atoms with Gasteiger partial charge in [0.15, 0.2) is 0 Å². The number of aryl methyl sites for hydroxylation is 1. The molecule has 0 bridgehead atoms. The number of likely N-dealkylation sites (tertiary alicyclic amines) is 1. The number of hydrogen-bond acceptors (Lipinski definition) is 2. The lowest BCUT2D eigenvalue weighted by molar-refractivity contribution is 0.0551. The van der Waals surface area contributed by atoms with Crippen LogP contribution in [-0.4, -0.2) is 29.9 Å². The van der Waals surface area contributed by atoms with E-state index in [1.165, 1.54) is 6.42 Å². The fraction of sp³-hybridized carbons (Fsp3) is 0.500. The molecule has 0 radical (unpaired) electrons. The van der Waals surface area contributed by atoms with Gasteiger partial charge in [-0.25, -0.2) is 0 Å². The van der Waals surface area contributed by atoms with Crippen LogP contribution >= 0.6 is 0 Å². The Morgan fingerprint density at radius 1 is 1.38 bits per heavy atom. The van der Waals surface area contributed by atoms with E-state index in [0.29, 0.717) is 18.5 Å². The maximum atomic E-state index is 12.8. The highest BCUT2D eigenvalue weighted by Crippen LogP contribution is 2.25. The highest BCUT2D eigenvalue weighted by atomic mass is 16.2. The van der Waals surface area contributed by atoms with E-state index < -0.39 is 0 Å². The fourth-order valence-electron chi connectivity index (χ4n) is 2.92. The van der Waals surface area contributed by atoms with Gasteiger partial charge in [0, 0.05) is 23.7 Å². The average Bonchev–Trinajstić information content (AvgIpc) is 2.46. The van der Waals surface area contributed by atoms with Crippen molar-refractivity contribution in [2.45, 2.75) is 39.7 Å². The summed E-state index contributed by atoms with van der Waals surface area (Å²) < 4.78 is 0. The summed E-state index contributed by atoms with van der Waals surface area (Å²) in [5, 5.41) is 0. The Labute approximate surface area is 127 Å². The lowest BCUT2D eigenvalue weighted by Crippen LogP contribution is -2.46. The molecule has 2 rings (SSSR count). The zero-order valence-electron chi connectivity index (χ0n) is 13.1. The molecule has 3 nitrogen and oxygen atoms in total. The third-order valence-corrected chi connectivity index (χ3v) is 4.29. The van der Waals surface area contributed by atoms with Crippen LogP contribution in [0.15, 0.2) is 18.2 Å². The number of rotatable bonds is 1. The summed E-state index contributed by atoms with van der Waals surface area (Å²) in [6, 6.07) is 6.11. The molecule has 1 aromatic rings. The van der Waals surface area contributed by atoms with Crippen molar-refractivity contribution in [1.82, 2.24) is 4.90 Å². The zero-order valence-corrected chi connectivity index (χ0v) is 13.1. The number of carbonyl (C=O) groups excluding carboxylic acids is 1. The SMILES string of the molecule is Cc1cc(C#CCN)cc(C(=O)N2CCCC(C)C2C)c1. The summed E-state index contributed by atoms with van der Waals surface area (Å²) in [6.45, 7) is 7.54. The average molecular weight is 284 g/mol. The number of nitrogens with zero attached hydrogens (tertiary/aromatic N) is 1. The molecule has 0 aliphatic carbocycles. The first-order chi connectivity index (χ1) is 10.0. The summed E-state index contributed by atoms with van der Waals surface area (Å²) in [5.41, 5.74) is 8.07. The predicted octanol–water partition coefficient (Wildman–Crippen LogP) is 2.57. The number of benzene rings is 1. The minimum absolute atomic E-state index is 0.119. The van der Waals surface area contributed by atoms with Gasteiger partial charge in [-0.3, -0.25) is 4.79 Å². The van der Waals surface area contributed by atoms with Crippen LogP contribution in [0.3, 0.4) is 0 Å². The minimum Gasteiger partial charge on any atom is -0.336 e. The first kappa shape index (κ1) is 15.6. The van der Waals surface area contributed by atoms with Crippen LogP contribution in [0, 0.1) is 24.7 Å². The molecule has 1 heterocycles. The molecule has 0 spiro atoms. The number of nitrogens with two attached hydrogens (primary N) is 1. The first-order valence-electron chi connectivity index (χ1n) is 7.64. The number of amides is 1. The normalized spacial score (nSPS) is 21.6. The molecule has 1 aliphatic heterocycles. The van der Waals surface area contributed by atoms with Crippen molar-refractivity contribution in [2.75, 3.05) is 13.1 Å². The van der Waals surface area contributed by atoms with Crippen LogP contribution in [-0.2, 0) is 0 Å². The smallest absolute Gasteiger partial charge is 0.254 e. The van der Waals surface area contributed by atoms with Gasteiger partial charge in [0.05, 0.1) is 6.54 Å². The zero-order chi connectivity index (χ0) is 15.4. The molecule has 2 unspecified atom stereocenters. The molecule has 3 heteroatoms. The minimum atomic E-state index is 0.119. The van der Waals surface area contributed by atoms with E-state index in [1.54, 1.807) is 0 Å². The quantitative estimate of drug-likeness (QED) is 0.806. The highest BCUT2D eigenvalue weighted by molar-refractivity contribution is 5.95. The molecule has 0 saturated carbocycles. The molecule has 112 valence electrons. The van der Waals surface area contributed by atoms with Crippen molar-refractivity contribution < 1.29 is 4.79 Å². The third-order valence-electron chi connectivity index (χ3n) is 4.29. The van der Waals surface area contributed by atoms with Gasteiger partial charge in [-0.2, -0.15) is 0 Å². The van der Waals surface area contributed by atoms with E-state index in [0.717, 1.165) is 29.7 Å². The summed E-state index contributed by atoms with van der Waals surface area (Å²) in [5.74, 6) is 6.54. The molecule has 2 atom stereocenters. The molecule has 1 saturated heterocycles. The lowest BCUT2D eigenvalue weighted by Gasteiger charge is -2.38. The molecule has 21 heavy (non-hydrogen) atoms. The molecule has 2 N–H and O–H groups in total. The van der Waals surface area contributed by atoms with Crippen molar-refractivity contribution in [3.8, 4) is 11.8 Å². The number of hydrogen-bond donors (Lipinski definition) is 1. The Morgan fingerprint density at radius 3 is 2.86 bits per heavy atom. The fourth-order valence-corrected chi connectivity index (χ4v) is 2.92. The van der Waals surface area contributed by atoms with Crippen LogP contribution in [0.25, 0.3) is 0 Å². The van der Waals surface area contributed by atoms with Gasteiger partial charge in [-0.1, -0.05) is 18.8 Å². The van der Waals surface area contributed by atoms with Crippen molar-refractivity contribution in [2.24, 2.45) is 11.7 Å². The Bertz CT molecular complexity index is 583. The summed E-state index contributed by atoms with van der Waals surface area (Å²) in [7, 11) is 0. The summed E-state index contributed by atoms with van der Waals surface area (Å²) >= 11 is 0. The molecule has 1 fully saturated rings. The Morgan fingerprint density at radius 2 is 2.14 bits per heavy atom. The van der Waals surface area contributed by atoms with Crippen LogP contribution in [0.4, 0.5) is 0 Å². The standard InChI is InChI=1S/C18H24N2O/c1-13-10-16(7-4-8-19)12-17(11-13)18(21)20-9-5-6-14(2)15(20)3/h10-12,14-15H,5-6,8-9,19H2,1-3H3. The lowest BCUT2D eigenvalue weighted by atomic mass is 9.91. The van der Waals surface area contributed by atoms with Gasteiger partial charge in [0.2, 0.25) is 0 Å². The van der Waals surface area contributed by atoms with E-state index in [2.05, 4.69) is 25.7 Å². The summed E-state index contributed by atoms with van der Waals surface area (Å²) in [6.07, 6.45) is 2.29. The predicted molar refractivity (Wildman–Crippen MR) is 86.0 cm³/mol. The first-order valence-corrected chi connectivity index (χ1v) is 7.64. The molecule has 0 aromatic heterocycles. The topological polar surface area (TPSA) is 46.3 Å². The van der Waals surface area contributed by atoms with Crippen molar-refractivity contribution >= 4 is 5.91 Å². The van der Waals surface area contributed by atoms with E-state index in [-0.39, 0.29) is 5.91 Å². The molecule has 1 amide bonds. The summed E-state index contributed by atoms with van der Waals surface area (Å²) in [4.78, 5) is 14.8. The second-order valence-electron chi connectivity index (χ2n) is 5.95. The van der Waals surface area contributed by atoms with E-state index in [1.807, 2.05) is 30.0 Å². The van der Waals surface area contributed by atoms with Crippen LogP contribution < -0.4 is 5.73 Å². The molecule has 1 aromatic carbocycles. The highest BCUT2D eigenvalue weighted by Gasteiger charge is 2.29. The van der Waals surface area contributed by atoms with Gasteiger partial charge in [0.1, 0.15) is 0 Å². The maximum Gasteiger partial charge on any atom is 0.254 e. The van der Waals surface area contributed by atoms with E-state index >= 15 is 0 Å². The van der Waals surface area contributed by atoms with Crippen molar-refractivity contribution in [1.29, 1.82) is 0 Å². The Balaban J connectivity index is 2.28. The number of piperidine rings is 1. The monoisotopic (exact) mass is 284 g/mol. The van der Waals surface area contributed by atoms with Gasteiger partial charge in [-0.05, 0) is 56.4 Å². The molecule has 1 aliphatic rings. The maximum absolute atomic E-state index is 12.8. The second kappa shape index (κ2) is 6.78. The van der Waals surface area contributed by atoms with Crippen LogP contribution in [0.1, 0.15) is 48.2 Å². The number of carbonyl (C=O) groups is 1. The van der Waals surface area contributed by atoms with Crippen molar-refractivity contribution in [3.63, 3.8) is 0 Å². The Kier molecular flexibility index (Phi) is 5.03. The van der Waals surface area contributed by atoms with Gasteiger partial charge >= 0.3 is 0 Å². The molecular weight excluding hydrogens is 260 g/mol. The second-order valence-corrected chi connectivity index (χ2v) is 5.95. The molecular formula is C18H24N2O. The third kappa shape index (κ3) is 3.65. The van der Waals surface area contributed by atoms with E-state index in [4.69, 9.17) is 5.73 Å². The largest absolute Gasteiger partial charge is 0.336 e. The van der Waals surface area contributed by atoms with Crippen LogP contribution in [0.5, 0.6) is 0 Å². The van der Waals surface area contributed by atoms with E-state index in [9.17, 15) is 4.79 Å². The van der Waals surface area contributed by atoms with Gasteiger partial charge in [0.25, 0.3) is 5.91 Å². The Hall–Kier alpha value is -1.79. The van der Waals surface area contributed by atoms with Crippen molar-refractivity contribution in [3.05, 3.63) is 34.9 Å².